The predicted octanol–water partition coefficient (Wildman–Crippen LogP) is 3.98. The van der Waals surface area contributed by atoms with E-state index in [9.17, 15) is 18.0 Å². The van der Waals surface area contributed by atoms with Crippen LogP contribution in [0.3, 0.4) is 0 Å². The highest BCUT2D eigenvalue weighted by atomic mass is 35.5. The second-order valence-electron chi connectivity index (χ2n) is 7.95. The Morgan fingerprint density at radius 1 is 1.14 bits per heavy atom. The molecule has 10 nitrogen and oxygen atoms in total. The number of rotatable bonds is 8. The first-order chi connectivity index (χ1) is 16.5. The van der Waals surface area contributed by atoms with E-state index < -0.39 is 16.0 Å². The highest BCUT2D eigenvalue weighted by Crippen LogP contribution is 2.39. The number of methoxy groups -OCH3 is 2. The van der Waals surface area contributed by atoms with E-state index in [2.05, 4.69) is 10.3 Å². The summed E-state index contributed by atoms with van der Waals surface area (Å²) >= 11 is 12.7. The number of carbonyl (C=O) groups is 2. The van der Waals surface area contributed by atoms with Crippen LogP contribution in [0.15, 0.2) is 24.4 Å². The van der Waals surface area contributed by atoms with Crippen molar-refractivity contribution in [3.63, 3.8) is 0 Å². The third-order valence-corrected chi connectivity index (χ3v) is 7.31. The number of pyridine rings is 1. The van der Waals surface area contributed by atoms with Crippen LogP contribution in [0.4, 0.5) is 5.69 Å². The van der Waals surface area contributed by atoms with Crippen LogP contribution in [-0.2, 0) is 19.6 Å². The molecule has 190 valence electrons. The first kappa shape index (κ1) is 27.0. The van der Waals surface area contributed by atoms with Gasteiger partial charge in [0.15, 0.2) is 5.75 Å². The van der Waals surface area contributed by atoms with Gasteiger partial charge in [0.05, 0.1) is 36.7 Å². The van der Waals surface area contributed by atoms with E-state index in [1.54, 1.807) is 0 Å². The van der Waals surface area contributed by atoms with Gasteiger partial charge in [-0.2, -0.15) is 0 Å². The highest BCUT2D eigenvalue weighted by molar-refractivity contribution is 7.88. The van der Waals surface area contributed by atoms with Gasteiger partial charge < -0.3 is 19.5 Å². The summed E-state index contributed by atoms with van der Waals surface area (Å²) < 4.78 is 40.2. The molecule has 0 bridgehead atoms. The molecule has 0 atom stereocenters. The summed E-state index contributed by atoms with van der Waals surface area (Å²) in [6.07, 6.45) is 3.99. The van der Waals surface area contributed by atoms with E-state index >= 15 is 0 Å². The van der Waals surface area contributed by atoms with Gasteiger partial charge in [-0.25, -0.2) is 22.5 Å². The van der Waals surface area contributed by atoms with Crippen molar-refractivity contribution in [2.24, 2.45) is 5.92 Å². The molecule has 1 aromatic heterocycles. The molecule has 0 unspecified atom stereocenters. The fourth-order valence-corrected chi connectivity index (χ4v) is 5.11. The maximum absolute atomic E-state index is 12.5. The van der Waals surface area contributed by atoms with Crippen molar-refractivity contribution < 1.29 is 32.2 Å². The Labute approximate surface area is 213 Å². The van der Waals surface area contributed by atoms with Gasteiger partial charge in [-0.1, -0.05) is 23.2 Å². The molecule has 1 aliphatic heterocycles. The number of halogens is 2. The molecule has 1 aromatic carbocycles. The number of nitrogens with zero attached hydrogens (tertiary/aromatic N) is 2. The number of benzene rings is 1. The fourth-order valence-electron chi connectivity index (χ4n) is 3.67. The molecule has 3 rings (SSSR count). The zero-order valence-electron chi connectivity index (χ0n) is 19.3. The third-order valence-electron chi connectivity index (χ3n) is 5.44. The first-order valence-electron chi connectivity index (χ1n) is 10.6. The smallest absolute Gasteiger partial charge is 0.343 e. The Hall–Kier alpha value is -2.60. The lowest BCUT2D eigenvalue weighted by Gasteiger charge is -2.29. The number of esters is 1. The molecule has 0 spiro atoms. The second kappa shape index (κ2) is 11.4. The Bertz CT molecular complexity index is 1190. The Balaban J connectivity index is 1.66. The average molecular weight is 546 g/mol. The van der Waals surface area contributed by atoms with Crippen LogP contribution >= 0.6 is 23.2 Å². The van der Waals surface area contributed by atoms with Crippen molar-refractivity contribution >= 4 is 50.8 Å². The van der Waals surface area contributed by atoms with Crippen LogP contribution in [0.5, 0.6) is 17.4 Å². The quantitative estimate of drug-likeness (QED) is 0.494. The lowest BCUT2D eigenvalue weighted by atomic mass is 9.94. The van der Waals surface area contributed by atoms with Gasteiger partial charge in [0.1, 0.15) is 11.3 Å². The van der Waals surface area contributed by atoms with Crippen molar-refractivity contribution in [3.8, 4) is 17.4 Å². The van der Waals surface area contributed by atoms with Crippen LogP contribution in [0, 0.1) is 5.92 Å². The van der Waals surface area contributed by atoms with E-state index in [0.29, 0.717) is 31.6 Å². The molecular weight excluding hydrogens is 521 g/mol. The normalized spacial score (nSPS) is 14.9. The van der Waals surface area contributed by atoms with E-state index in [1.807, 2.05) is 0 Å². The number of hydrogen-bond acceptors (Lipinski definition) is 8. The van der Waals surface area contributed by atoms with Crippen molar-refractivity contribution in [2.45, 2.75) is 19.3 Å². The highest BCUT2D eigenvalue weighted by Gasteiger charge is 2.26. The number of carbonyl (C=O) groups excluding carboxylic acids is 2. The Kier molecular flexibility index (Phi) is 8.81. The monoisotopic (exact) mass is 545 g/mol. The minimum absolute atomic E-state index is 0.0611. The van der Waals surface area contributed by atoms with E-state index in [4.69, 9.17) is 37.4 Å². The lowest BCUT2D eigenvalue weighted by molar-refractivity contribution is -0.117. The topological polar surface area (TPSA) is 124 Å². The molecule has 0 saturated carbocycles. The molecule has 1 amide bonds. The summed E-state index contributed by atoms with van der Waals surface area (Å²) in [4.78, 5) is 28.5. The van der Waals surface area contributed by atoms with Crippen LogP contribution in [0.25, 0.3) is 0 Å². The van der Waals surface area contributed by atoms with Crippen molar-refractivity contribution in [1.29, 1.82) is 0 Å². The summed E-state index contributed by atoms with van der Waals surface area (Å²) in [5.41, 5.74) is 0.444. The average Bonchev–Trinajstić information content (AvgIpc) is 2.80. The Morgan fingerprint density at radius 2 is 1.77 bits per heavy atom. The number of nitrogens with one attached hydrogen (secondary N) is 1. The SMILES string of the molecule is COC(=O)c1cc(Oc2c(Cl)cc(NC(=O)CC3CCN(S(C)(=O)=O)CC3)cc2Cl)cnc1OC. The second-order valence-corrected chi connectivity index (χ2v) is 10.7. The van der Waals surface area contributed by atoms with Crippen LogP contribution < -0.4 is 14.8 Å². The minimum atomic E-state index is -3.22. The number of amides is 1. The molecule has 1 saturated heterocycles. The summed E-state index contributed by atoms with van der Waals surface area (Å²) in [5.74, 6) is -0.452. The van der Waals surface area contributed by atoms with Gasteiger partial charge in [0, 0.05) is 31.3 Å². The predicted molar refractivity (Wildman–Crippen MR) is 131 cm³/mol. The van der Waals surface area contributed by atoms with Crippen molar-refractivity contribution in [2.75, 3.05) is 38.9 Å². The largest absolute Gasteiger partial charge is 0.480 e. The van der Waals surface area contributed by atoms with Gasteiger partial charge >= 0.3 is 5.97 Å². The molecule has 1 N–H and O–H groups in total. The summed E-state index contributed by atoms with van der Waals surface area (Å²) in [6.45, 7) is 0.802. The van der Waals surface area contributed by atoms with E-state index in [1.165, 1.54) is 49.2 Å². The zero-order valence-corrected chi connectivity index (χ0v) is 21.7. The van der Waals surface area contributed by atoms with Crippen molar-refractivity contribution in [3.05, 3.63) is 40.0 Å². The molecular formula is C22H25Cl2N3O7S. The summed E-state index contributed by atoms with van der Waals surface area (Å²) in [5, 5.41) is 3.02. The maximum atomic E-state index is 12.5. The van der Waals surface area contributed by atoms with Crippen LogP contribution in [0.1, 0.15) is 29.6 Å². The van der Waals surface area contributed by atoms with Crippen molar-refractivity contribution in [1.82, 2.24) is 9.29 Å². The summed E-state index contributed by atoms with van der Waals surface area (Å²) in [6, 6.07) is 4.37. The van der Waals surface area contributed by atoms with E-state index in [-0.39, 0.29) is 51.2 Å². The van der Waals surface area contributed by atoms with Gasteiger partial charge in [0.25, 0.3) is 0 Å². The molecule has 13 heteroatoms. The molecule has 0 radical (unpaired) electrons. The molecule has 1 aliphatic rings. The number of ether oxygens (including phenoxy) is 3. The van der Waals surface area contributed by atoms with Gasteiger partial charge in [0.2, 0.25) is 21.8 Å². The molecule has 2 aromatic rings. The number of piperidine rings is 1. The van der Waals surface area contributed by atoms with Gasteiger partial charge in [-0.3, -0.25) is 4.79 Å². The van der Waals surface area contributed by atoms with E-state index in [0.717, 1.165) is 0 Å². The summed E-state index contributed by atoms with van der Waals surface area (Å²) in [7, 11) is -0.615. The van der Waals surface area contributed by atoms with Crippen LogP contribution in [0.2, 0.25) is 10.0 Å². The third kappa shape index (κ3) is 6.97. The van der Waals surface area contributed by atoms with Gasteiger partial charge in [-0.05, 0) is 30.9 Å². The molecule has 35 heavy (non-hydrogen) atoms. The zero-order chi connectivity index (χ0) is 25.8. The van der Waals surface area contributed by atoms with Gasteiger partial charge in [-0.15, -0.1) is 0 Å². The Morgan fingerprint density at radius 3 is 2.31 bits per heavy atom. The number of hydrogen-bond donors (Lipinski definition) is 1. The van der Waals surface area contributed by atoms with Crippen LogP contribution in [-0.4, -0.2) is 63.1 Å². The lowest BCUT2D eigenvalue weighted by Crippen LogP contribution is -2.38. The molecule has 1 fully saturated rings. The number of sulfonamides is 1. The molecule has 2 heterocycles. The maximum Gasteiger partial charge on any atom is 0.343 e. The number of aromatic nitrogens is 1. The molecule has 0 aliphatic carbocycles. The minimum Gasteiger partial charge on any atom is -0.480 e. The standard InChI is InChI=1S/C22H25Cl2N3O7S/c1-32-21-16(22(29)33-2)11-15(12-25-21)34-20-17(23)9-14(10-18(20)24)26-19(28)8-13-4-6-27(7-5-13)35(3,30)31/h9-13H,4-8H2,1-3H3,(H,26,28). The first-order valence-corrected chi connectivity index (χ1v) is 13.2. The number of anilines is 1. The fraction of sp³-hybridized carbons (Fsp3) is 0.409.